The number of rotatable bonds is 42. The largest absolute Gasteiger partial charge is 0.463 e. The third-order valence-corrected chi connectivity index (χ3v) is 6.19. The predicted octanol–water partition coefficient (Wildman–Crippen LogP) is 2.29. The van der Waals surface area contributed by atoms with Crippen LogP contribution in [0.15, 0.2) is 0 Å². The normalized spacial score (nSPS) is 11.4. The molecule has 282 valence electrons. The van der Waals surface area contributed by atoms with E-state index in [0.29, 0.717) is 152 Å². The van der Waals surface area contributed by atoms with Crippen molar-refractivity contribution in [2.45, 2.75) is 45.4 Å². The van der Waals surface area contributed by atoms with Crippen molar-refractivity contribution in [3.63, 3.8) is 0 Å². The second-order valence-corrected chi connectivity index (χ2v) is 10.2. The number of hydrogen-bond acceptors (Lipinski definition) is 14. The molecule has 0 heterocycles. The average molecular weight is 686 g/mol. The fourth-order valence-electron chi connectivity index (χ4n) is 3.63. The minimum absolute atomic E-state index is 0.147. The summed E-state index contributed by atoms with van der Waals surface area (Å²) in [7, 11) is 1.89. The lowest BCUT2D eigenvalue weighted by molar-refractivity contribution is -0.145. The molecule has 0 unspecified atom stereocenters. The van der Waals surface area contributed by atoms with E-state index in [4.69, 9.17) is 56.8 Å². The van der Waals surface area contributed by atoms with E-state index in [1.165, 1.54) is 19.3 Å². The Balaban J connectivity index is 3.08. The van der Waals surface area contributed by atoms with Crippen LogP contribution in [0.2, 0.25) is 0 Å². The minimum atomic E-state index is -0.147. The number of carbonyl (C=O) groups is 1. The van der Waals surface area contributed by atoms with Crippen molar-refractivity contribution >= 4 is 5.97 Å². The average Bonchev–Trinajstić information content (AvgIpc) is 3.08. The molecule has 1 N–H and O–H groups in total. The van der Waals surface area contributed by atoms with E-state index < -0.39 is 0 Å². The summed E-state index contributed by atoms with van der Waals surface area (Å²) in [5, 5.41) is 3.02. The summed E-state index contributed by atoms with van der Waals surface area (Å²) in [6, 6.07) is 0. The number of carbonyl (C=O) groups excluding carboxylic acids is 1. The lowest BCUT2D eigenvalue weighted by Gasteiger charge is -2.09. The fraction of sp³-hybridized carbons (Fsp3) is 0.970. The standard InChI is InChI=1S/C33H67NO13/c1-3-4-5-6-7-8-33(35)47-32-31-46-30-29-45-28-27-44-26-25-43-24-23-42-22-21-41-20-19-40-18-17-39-16-15-38-14-13-37-12-11-36-10-9-34-2/h34H,3-32H2,1-2H3. The zero-order valence-corrected chi connectivity index (χ0v) is 29.5. The van der Waals surface area contributed by atoms with E-state index in [-0.39, 0.29) is 12.6 Å². The molecule has 0 saturated heterocycles. The van der Waals surface area contributed by atoms with Crippen molar-refractivity contribution in [2.75, 3.05) is 166 Å². The topological polar surface area (TPSA) is 140 Å². The molecule has 0 aliphatic carbocycles. The van der Waals surface area contributed by atoms with Crippen LogP contribution in [0.1, 0.15) is 45.4 Å². The molecular formula is C33H67NO13. The van der Waals surface area contributed by atoms with E-state index in [2.05, 4.69) is 12.2 Å². The summed E-state index contributed by atoms with van der Waals surface area (Å²) >= 11 is 0. The molecule has 0 fully saturated rings. The highest BCUT2D eigenvalue weighted by Gasteiger charge is 2.02. The maximum Gasteiger partial charge on any atom is 0.305 e. The van der Waals surface area contributed by atoms with Crippen molar-refractivity contribution in [3.8, 4) is 0 Å². The van der Waals surface area contributed by atoms with Crippen LogP contribution in [0, 0.1) is 0 Å². The Bertz CT molecular complexity index is 593. The molecule has 0 aliphatic rings. The zero-order chi connectivity index (χ0) is 34.0. The molecule has 14 heteroatoms. The molecule has 0 saturated carbocycles. The Kier molecular flexibility index (Phi) is 42.1. The van der Waals surface area contributed by atoms with Crippen LogP contribution in [0.25, 0.3) is 0 Å². The smallest absolute Gasteiger partial charge is 0.305 e. The van der Waals surface area contributed by atoms with E-state index in [0.717, 1.165) is 19.4 Å². The Morgan fingerprint density at radius 2 is 0.660 bits per heavy atom. The van der Waals surface area contributed by atoms with Gasteiger partial charge in [-0.3, -0.25) is 4.79 Å². The first-order valence-corrected chi connectivity index (χ1v) is 17.5. The maximum absolute atomic E-state index is 11.6. The van der Waals surface area contributed by atoms with Gasteiger partial charge in [0.05, 0.1) is 145 Å². The van der Waals surface area contributed by atoms with E-state index in [9.17, 15) is 4.79 Å². The molecule has 47 heavy (non-hydrogen) atoms. The van der Waals surface area contributed by atoms with Gasteiger partial charge in [0.2, 0.25) is 0 Å². The van der Waals surface area contributed by atoms with Crippen molar-refractivity contribution < 1.29 is 61.6 Å². The Morgan fingerprint density at radius 1 is 0.383 bits per heavy atom. The third kappa shape index (κ3) is 43.0. The van der Waals surface area contributed by atoms with Gasteiger partial charge in [0.1, 0.15) is 6.61 Å². The first-order chi connectivity index (χ1) is 23.3. The second-order valence-electron chi connectivity index (χ2n) is 10.2. The van der Waals surface area contributed by atoms with Gasteiger partial charge >= 0.3 is 5.97 Å². The molecule has 0 bridgehead atoms. The molecular weight excluding hydrogens is 618 g/mol. The molecule has 0 radical (unpaired) electrons. The number of likely N-dealkylation sites (N-methyl/N-ethyl adjacent to an activating group) is 1. The monoisotopic (exact) mass is 685 g/mol. The number of hydrogen-bond donors (Lipinski definition) is 1. The van der Waals surface area contributed by atoms with Crippen LogP contribution in [-0.2, 0) is 61.6 Å². The molecule has 0 aromatic rings. The van der Waals surface area contributed by atoms with Crippen LogP contribution in [0.5, 0.6) is 0 Å². The van der Waals surface area contributed by atoms with Crippen LogP contribution in [0.3, 0.4) is 0 Å². The molecule has 0 aromatic heterocycles. The Labute approximate surface area is 283 Å². The van der Waals surface area contributed by atoms with Crippen molar-refractivity contribution in [1.82, 2.24) is 5.32 Å². The molecule has 0 aliphatic heterocycles. The van der Waals surface area contributed by atoms with Gasteiger partial charge in [-0.25, -0.2) is 0 Å². The Hall–Kier alpha value is -1.01. The molecule has 0 aromatic carbocycles. The zero-order valence-electron chi connectivity index (χ0n) is 29.5. The van der Waals surface area contributed by atoms with Gasteiger partial charge in [-0.1, -0.05) is 32.6 Å². The molecule has 0 rings (SSSR count). The van der Waals surface area contributed by atoms with Crippen molar-refractivity contribution in [3.05, 3.63) is 0 Å². The number of ether oxygens (including phenoxy) is 12. The molecule has 0 amide bonds. The lowest BCUT2D eigenvalue weighted by Crippen LogP contribution is -2.17. The van der Waals surface area contributed by atoms with E-state index in [1.807, 2.05) is 7.05 Å². The quantitative estimate of drug-likeness (QED) is 0.0742. The first kappa shape index (κ1) is 46.0. The SMILES string of the molecule is CCCCCCCC(=O)OCCOCCOCCOCCOCCOCCOCCOCCOCCOCCOCCOCCNC. The van der Waals surface area contributed by atoms with Crippen LogP contribution in [-0.4, -0.2) is 172 Å². The van der Waals surface area contributed by atoms with Crippen LogP contribution in [0.4, 0.5) is 0 Å². The van der Waals surface area contributed by atoms with Gasteiger partial charge in [0, 0.05) is 13.0 Å². The van der Waals surface area contributed by atoms with Crippen molar-refractivity contribution in [1.29, 1.82) is 0 Å². The summed E-state index contributed by atoms with van der Waals surface area (Å²) in [6.45, 7) is 14.6. The van der Waals surface area contributed by atoms with Gasteiger partial charge in [0.15, 0.2) is 0 Å². The Morgan fingerprint density at radius 3 is 0.957 bits per heavy atom. The number of unbranched alkanes of at least 4 members (excludes halogenated alkanes) is 4. The molecule has 0 atom stereocenters. The van der Waals surface area contributed by atoms with Crippen LogP contribution >= 0.6 is 0 Å². The molecule has 14 nitrogen and oxygen atoms in total. The number of nitrogens with one attached hydrogen (secondary N) is 1. The summed E-state index contributed by atoms with van der Waals surface area (Å²) in [6.07, 6.45) is 6.08. The summed E-state index contributed by atoms with van der Waals surface area (Å²) < 4.78 is 65.1. The minimum Gasteiger partial charge on any atom is -0.463 e. The molecule has 0 spiro atoms. The van der Waals surface area contributed by atoms with Gasteiger partial charge in [-0.15, -0.1) is 0 Å². The number of esters is 1. The van der Waals surface area contributed by atoms with E-state index in [1.54, 1.807) is 0 Å². The van der Waals surface area contributed by atoms with Gasteiger partial charge in [0.25, 0.3) is 0 Å². The highest BCUT2D eigenvalue weighted by atomic mass is 16.6. The highest BCUT2D eigenvalue weighted by molar-refractivity contribution is 5.69. The summed E-state index contributed by atoms with van der Waals surface area (Å²) in [5.74, 6) is -0.147. The van der Waals surface area contributed by atoms with Crippen LogP contribution < -0.4 is 5.32 Å². The lowest BCUT2D eigenvalue weighted by atomic mass is 10.1. The fourth-order valence-corrected chi connectivity index (χ4v) is 3.63. The maximum atomic E-state index is 11.6. The first-order valence-electron chi connectivity index (χ1n) is 17.5. The highest BCUT2D eigenvalue weighted by Crippen LogP contribution is 2.05. The third-order valence-electron chi connectivity index (χ3n) is 6.19. The van der Waals surface area contributed by atoms with Gasteiger partial charge in [-0.2, -0.15) is 0 Å². The van der Waals surface area contributed by atoms with Crippen molar-refractivity contribution in [2.24, 2.45) is 0 Å². The van der Waals surface area contributed by atoms with Gasteiger partial charge in [-0.05, 0) is 13.5 Å². The second kappa shape index (κ2) is 43.0. The van der Waals surface area contributed by atoms with Gasteiger partial charge < -0.3 is 62.2 Å². The summed E-state index contributed by atoms with van der Waals surface area (Å²) in [4.78, 5) is 11.6. The van der Waals surface area contributed by atoms with E-state index >= 15 is 0 Å². The predicted molar refractivity (Wildman–Crippen MR) is 177 cm³/mol. The summed E-state index contributed by atoms with van der Waals surface area (Å²) in [5.41, 5.74) is 0.